The average molecular weight is 417 g/mol. The molecule has 5 rings (SSSR count). The summed E-state index contributed by atoms with van der Waals surface area (Å²) in [4.78, 5) is 2.43. The number of sulfone groups is 1. The van der Waals surface area contributed by atoms with Crippen molar-refractivity contribution in [3.8, 4) is 0 Å². The Bertz CT molecular complexity index is 855. The molecule has 0 aromatic carbocycles. The molecule has 2 saturated heterocycles. The SMILES string of the molecule is O=S1(=O)CC2(CCN([C@H]3CC[C@H](c4cc(C(F)(F)F)nn4C4CC4)CC3)C2)C1. The number of halogens is 3. The van der Waals surface area contributed by atoms with E-state index in [1.807, 2.05) is 0 Å². The minimum absolute atomic E-state index is 0.0259. The van der Waals surface area contributed by atoms with Crippen molar-refractivity contribution in [1.29, 1.82) is 0 Å². The predicted octanol–water partition coefficient (Wildman–Crippen LogP) is 3.38. The first-order valence-electron chi connectivity index (χ1n) is 10.3. The van der Waals surface area contributed by atoms with E-state index in [1.54, 1.807) is 4.68 Å². The molecule has 1 spiro atoms. The predicted molar refractivity (Wildman–Crippen MR) is 97.8 cm³/mol. The summed E-state index contributed by atoms with van der Waals surface area (Å²) in [6.45, 7) is 1.81. The molecule has 2 aliphatic heterocycles. The van der Waals surface area contributed by atoms with Crippen LogP contribution in [0.2, 0.25) is 0 Å². The second-order valence-corrected chi connectivity index (χ2v) is 11.5. The number of rotatable bonds is 3. The van der Waals surface area contributed by atoms with Gasteiger partial charge in [-0.1, -0.05) is 0 Å². The highest BCUT2D eigenvalue weighted by atomic mass is 32.2. The van der Waals surface area contributed by atoms with Crippen molar-refractivity contribution in [3.63, 3.8) is 0 Å². The first-order chi connectivity index (χ1) is 13.1. The zero-order chi connectivity index (χ0) is 19.7. The summed E-state index contributed by atoms with van der Waals surface area (Å²) in [5.74, 6) is 0.792. The summed E-state index contributed by atoms with van der Waals surface area (Å²) in [5, 5.41) is 3.89. The number of hydrogen-bond donors (Lipinski definition) is 0. The van der Waals surface area contributed by atoms with Crippen LogP contribution in [0.5, 0.6) is 0 Å². The molecule has 0 unspecified atom stereocenters. The standard InChI is InChI=1S/C19H26F3N3O2S/c20-19(21,22)17-9-16(25(23-17)15-5-6-15)13-1-3-14(4-2-13)24-8-7-18(10-24)11-28(26,27)12-18/h9,13-15H,1-8,10-12H2/t13-,14-. The van der Waals surface area contributed by atoms with E-state index in [1.165, 1.54) is 6.07 Å². The summed E-state index contributed by atoms with van der Waals surface area (Å²) < 4.78 is 64.2. The quantitative estimate of drug-likeness (QED) is 0.757. The molecule has 2 saturated carbocycles. The first-order valence-corrected chi connectivity index (χ1v) is 12.1. The van der Waals surface area contributed by atoms with Gasteiger partial charge in [0.1, 0.15) is 0 Å². The van der Waals surface area contributed by atoms with Crippen molar-refractivity contribution in [2.45, 2.75) is 69.1 Å². The van der Waals surface area contributed by atoms with Crippen LogP contribution in [0.25, 0.3) is 0 Å². The van der Waals surface area contributed by atoms with Crippen molar-refractivity contribution in [2.75, 3.05) is 24.6 Å². The second-order valence-electron chi connectivity index (χ2n) is 9.39. The van der Waals surface area contributed by atoms with E-state index in [0.717, 1.165) is 63.7 Å². The Labute approximate surface area is 163 Å². The van der Waals surface area contributed by atoms with Gasteiger partial charge in [-0.15, -0.1) is 0 Å². The Hall–Kier alpha value is -1.09. The molecule has 0 radical (unpaired) electrons. The van der Waals surface area contributed by atoms with E-state index in [9.17, 15) is 21.6 Å². The summed E-state index contributed by atoms with van der Waals surface area (Å²) >= 11 is 0. The minimum atomic E-state index is -4.39. The fraction of sp³-hybridized carbons (Fsp3) is 0.842. The van der Waals surface area contributed by atoms with Crippen molar-refractivity contribution in [3.05, 3.63) is 17.5 Å². The number of likely N-dealkylation sites (tertiary alicyclic amines) is 1. The van der Waals surface area contributed by atoms with Crippen LogP contribution in [0, 0.1) is 5.41 Å². The van der Waals surface area contributed by atoms with Crippen molar-refractivity contribution >= 4 is 9.84 Å². The van der Waals surface area contributed by atoms with Crippen LogP contribution in [-0.2, 0) is 16.0 Å². The molecular formula is C19H26F3N3O2S. The highest BCUT2D eigenvalue weighted by Crippen LogP contribution is 2.46. The number of aromatic nitrogens is 2. The van der Waals surface area contributed by atoms with Crippen LogP contribution >= 0.6 is 0 Å². The highest BCUT2D eigenvalue weighted by Gasteiger charge is 2.53. The molecule has 9 heteroatoms. The fourth-order valence-electron chi connectivity index (χ4n) is 5.61. The van der Waals surface area contributed by atoms with Gasteiger partial charge in [-0.2, -0.15) is 18.3 Å². The Morgan fingerprint density at radius 2 is 1.68 bits per heavy atom. The number of nitrogens with zero attached hydrogens (tertiary/aromatic N) is 3. The molecule has 156 valence electrons. The molecule has 4 fully saturated rings. The van der Waals surface area contributed by atoms with E-state index in [4.69, 9.17) is 0 Å². The van der Waals surface area contributed by atoms with Crippen molar-refractivity contribution < 1.29 is 21.6 Å². The zero-order valence-electron chi connectivity index (χ0n) is 15.8. The van der Waals surface area contributed by atoms with Gasteiger partial charge in [-0.25, -0.2) is 8.42 Å². The summed E-state index contributed by atoms with van der Waals surface area (Å²) in [7, 11) is -2.82. The van der Waals surface area contributed by atoms with Crippen molar-refractivity contribution in [2.24, 2.45) is 5.41 Å². The lowest BCUT2D eigenvalue weighted by atomic mass is 9.83. The monoisotopic (exact) mass is 417 g/mol. The van der Waals surface area contributed by atoms with Gasteiger partial charge in [0.2, 0.25) is 0 Å². The third-order valence-corrected chi connectivity index (χ3v) is 9.20. The van der Waals surface area contributed by atoms with Crippen LogP contribution in [0.3, 0.4) is 0 Å². The van der Waals surface area contributed by atoms with E-state index in [-0.39, 0.29) is 17.4 Å². The molecule has 2 aliphatic carbocycles. The summed E-state index contributed by atoms with van der Waals surface area (Å²) in [6, 6.07) is 1.84. The molecule has 1 aromatic rings. The molecule has 1 aromatic heterocycles. The van der Waals surface area contributed by atoms with E-state index >= 15 is 0 Å². The second kappa shape index (κ2) is 6.20. The van der Waals surface area contributed by atoms with Gasteiger partial charge in [-0.3, -0.25) is 9.58 Å². The Morgan fingerprint density at radius 1 is 1.04 bits per heavy atom. The molecule has 0 N–H and O–H groups in total. The maximum atomic E-state index is 13.1. The maximum absolute atomic E-state index is 13.1. The maximum Gasteiger partial charge on any atom is 0.435 e. The van der Waals surface area contributed by atoms with E-state index < -0.39 is 21.7 Å². The Balaban J connectivity index is 1.24. The lowest BCUT2D eigenvalue weighted by molar-refractivity contribution is -0.141. The smallest absolute Gasteiger partial charge is 0.300 e. The lowest BCUT2D eigenvalue weighted by Crippen LogP contribution is -2.51. The average Bonchev–Trinajstić information content (AvgIpc) is 3.19. The molecular weight excluding hydrogens is 391 g/mol. The van der Waals surface area contributed by atoms with Crippen LogP contribution in [0.1, 0.15) is 68.3 Å². The number of alkyl halides is 3. The van der Waals surface area contributed by atoms with Gasteiger partial charge < -0.3 is 0 Å². The minimum Gasteiger partial charge on any atom is -0.300 e. The third kappa shape index (κ3) is 3.38. The van der Waals surface area contributed by atoms with Crippen LogP contribution in [-0.4, -0.2) is 53.7 Å². The van der Waals surface area contributed by atoms with Gasteiger partial charge in [-0.05, 0) is 57.6 Å². The highest BCUT2D eigenvalue weighted by molar-refractivity contribution is 7.92. The third-order valence-electron chi connectivity index (χ3n) is 7.10. The Morgan fingerprint density at radius 3 is 2.25 bits per heavy atom. The molecule has 0 amide bonds. The van der Waals surface area contributed by atoms with Gasteiger partial charge in [0.05, 0.1) is 17.5 Å². The van der Waals surface area contributed by atoms with Gasteiger partial charge in [0.15, 0.2) is 15.5 Å². The van der Waals surface area contributed by atoms with Crippen LogP contribution < -0.4 is 0 Å². The van der Waals surface area contributed by atoms with E-state index in [0.29, 0.717) is 17.5 Å². The van der Waals surface area contributed by atoms with Crippen molar-refractivity contribution in [1.82, 2.24) is 14.7 Å². The largest absolute Gasteiger partial charge is 0.435 e. The van der Waals surface area contributed by atoms with Gasteiger partial charge in [0.25, 0.3) is 0 Å². The molecule has 28 heavy (non-hydrogen) atoms. The first kappa shape index (κ1) is 18.9. The van der Waals surface area contributed by atoms with Gasteiger partial charge in [0, 0.05) is 29.6 Å². The normalized spacial score (nSPS) is 32.5. The van der Waals surface area contributed by atoms with Gasteiger partial charge >= 0.3 is 6.18 Å². The topological polar surface area (TPSA) is 55.2 Å². The summed E-state index contributed by atoms with van der Waals surface area (Å²) in [6.07, 6.45) is 2.08. The fourth-order valence-corrected chi connectivity index (χ4v) is 7.86. The van der Waals surface area contributed by atoms with E-state index in [2.05, 4.69) is 10.00 Å². The molecule has 0 atom stereocenters. The van der Waals surface area contributed by atoms with Crippen LogP contribution in [0.15, 0.2) is 6.07 Å². The Kier molecular flexibility index (Phi) is 4.19. The number of hydrogen-bond acceptors (Lipinski definition) is 4. The molecule has 3 heterocycles. The summed E-state index contributed by atoms with van der Waals surface area (Å²) in [5.41, 5.74) is -0.0255. The molecule has 0 bridgehead atoms. The molecule has 5 nitrogen and oxygen atoms in total. The van der Waals surface area contributed by atoms with Crippen LogP contribution in [0.4, 0.5) is 13.2 Å². The lowest BCUT2D eigenvalue weighted by Gasteiger charge is -2.40. The zero-order valence-corrected chi connectivity index (χ0v) is 16.6. The molecule has 4 aliphatic rings.